The Morgan fingerprint density at radius 3 is 2.77 bits per heavy atom. The average molecular weight is 397 g/mol. The van der Waals surface area contributed by atoms with Gasteiger partial charge in [0.25, 0.3) is 5.82 Å². The molecular formula is C11H8BrF3N4O2S. The molecule has 0 amide bonds. The molecule has 2 rings (SSSR count). The van der Waals surface area contributed by atoms with Crippen molar-refractivity contribution in [2.45, 2.75) is 6.18 Å². The van der Waals surface area contributed by atoms with Crippen LogP contribution in [0.25, 0.3) is 0 Å². The minimum Gasteiger partial charge on any atom is -0.503 e. The molecule has 2 N–H and O–H groups in total. The Balaban J connectivity index is 2.44. The molecule has 1 aromatic carbocycles. The van der Waals surface area contributed by atoms with Crippen molar-refractivity contribution in [3.63, 3.8) is 0 Å². The number of aromatic hydroxyl groups is 1. The molecule has 1 heterocycles. The standard InChI is InChI=1S/C11H8BrF3N4O2S/c1-21-7-3-5(2-6(12)8(7)20)4-16-19-9(11(13,14)15)17-18-10(19)22/h2-4,20H,1H3,(H,18,22). The number of rotatable bonds is 3. The van der Waals surface area contributed by atoms with Crippen molar-refractivity contribution in [3.8, 4) is 11.5 Å². The second-order valence-electron chi connectivity index (χ2n) is 3.96. The molecule has 0 aliphatic rings. The van der Waals surface area contributed by atoms with Crippen molar-refractivity contribution < 1.29 is 23.0 Å². The number of alkyl halides is 3. The Morgan fingerprint density at radius 1 is 1.50 bits per heavy atom. The first-order chi connectivity index (χ1) is 10.2. The van der Waals surface area contributed by atoms with Crippen LogP contribution in [0.5, 0.6) is 11.5 Å². The summed E-state index contributed by atoms with van der Waals surface area (Å²) < 4.78 is 43.6. The lowest BCUT2D eigenvalue weighted by Gasteiger charge is -2.07. The lowest BCUT2D eigenvalue weighted by atomic mass is 10.2. The predicted octanol–water partition coefficient (Wildman–Crippen LogP) is 3.32. The third-order valence-corrected chi connectivity index (χ3v) is 3.37. The van der Waals surface area contributed by atoms with E-state index >= 15 is 0 Å². The van der Waals surface area contributed by atoms with Gasteiger partial charge in [-0.2, -0.15) is 22.9 Å². The van der Waals surface area contributed by atoms with Crippen LogP contribution in [0.2, 0.25) is 0 Å². The minimum absolute atomic E-state index is 0.129. The first kappa shape index (κ1) is 16.5. The van der Waals surface area contributed by atoms with E-state index in [2.05, 4.69) is 26.1 Å². The Kier molecular flexibility index (Phi) is 4.56. The van der Waals surface area contributed by atoms with Gasteiger partial charge in [-0.15, -0.1) is 5.10 Å². The largest absolute Gasteiger partial charge is 0.503 e. The summed E-state index contributed by atoms with van der Waals surface area (Å²) in [6.45, 7) is 0. The maximum atomic E-state index is 12.7. The van der Waals surface area contributed by atoms with Crippen molar-refractivity contribution in [2.75, 3.05) is 7.11 Å². The first-order valence-corrected chi connectivity index (χ1v) is 6.79. The zero-order valence-electron chi connectivity index (χ0n) is 10.8. The summed E-state index contributed by atoms with van der Waals surface area (Å²) in [5.74, 6) is -1.25. The van der Waals surface area contributed by atoms with E-state index in [0.717, 1.165) is 6.21 Å². The molecule has 0 radical (unpaired) electrons. The molecule has 2 aromatic rings. The molecule has 0 saturated carbocycles. The smallest absolute Gasteiger partial charge is 0.453 e. The van der Waals surface area contributed by atoms with Crippen molar-refractivity contribution >= 4 is 34.4 Å². The van der Waals surface area contributed by atoms with E-state index in [1.165, 1.54) is 19.2 Å². The molecule has 118 valence electrons. The maximum absolute atomic E-state index is 12.7. The Labute approximate surface area is 135 Å². The molecule has 0 unspecified atom stereocenters. The van der Waals surface area contributed by atoms with Crippen LogP contribution in [0, 0.1) is 4.77 Å². The van der Waals surface area contributed by atoms with Gasteiger partial charge in [-0.1, -0.05) is 0 Å². The van der Waals surface area contributed by atoms with Gasteiger partial charge in [0, 0.05) is 0 Å². The molecule has 22 heavy (non-hydrogen) atoms. The number of hydrogen-bond acceptors (Lipinski definition) is 5. The number of ether oxygens (including phenoxy) is 1. The number of benzene rings is 1. The summed E-state index contributed by atoms with van der Waals surface area (Å²) in [6, 6.07) is 2.86. The minimum atomic E-state index is -4.70. The predicted molar refractivity (Wildman–Crippen MR) is 77.8 cm³/mol. The molecule has 11 heteroatoms. The van der Waals surface area contributed by atoms with Crippen molar-refractivity contribution in [1.29, 1.82) is 0 Å². The van der Waals surface area contributed by atoms with E-state index in [4.69, 9.17) is 17.0 Å². The van der Waals surface area contributed by atoms with Crippen molar-refractivity contribution in [2.24, 2.45) is 5.10 Å². The highest BCUT2D eigenvalue weighted by Crippen LogP contribution is 2.34. The summed E-state index contributed by atoms with van der Waals surface area (Å²) in [5.41, 5.74) is 0.387. The van der Waals surface area contributed by atoms with E-state index in [1.807, 2.05) is 5.10 Å². The second kappa shape index (κ2) is 6.08. The summed E-state index contributed by atoms with van der Waals surface area (Å²) in [6.07, 6.45) is -3.56. The van der Waals surface area contributed by atoms with Crippen molar-refractivity contribution in [3.05, 3.63) is 32.8 Å². The molecule has 0 bridgehead atoms. The van der Waals surface area contributed by atoms with Crippen LogP contribution in [0.15, 0.2) is 21.7 Å². The zero-order chi connectivity index (χ0) is 16.5. The van der Waals surface area contributed by atoms with E-state index in [9.17, 15) is 18.3 Å². The van der Waals surface area contributed by atoms with Gasteiger partial charge in [0.15, 0.2) is 11.5 Å². The highest BCUT2D eigenvalue weighted by Gasteiger charge is 2.37. The Morgan fingerprint density at radius 2 is 2.18 bits per heavy atom. The van der Waals surface area contributed by atoms with Crippen LogP contribution < -0.4 is 4.74 Å². The maximum Gasteiger partial charge on any atom is 0.453 e. The topological polar surface area (TPSA) is 75.4 Å². The zero-order valence-corrected chi connectivity index (χ0v) is 13.3. The van der Waals surface area contributed by atoms with E-state index in [-0.39, 0.29) is 16.3 Å². The fourth-order valence-electron chi connectivity index (χ4n) is 1.53. The van der Waals surface area contributed by atoms with E-state index < -0.39 is 12.0 Å². The number of methoxy groups -OCH3 is 1. The summed E-state index contributed by atoms with van der Waals surface area (Å²) in [5, 5.41) is 18.5. The highest BCUT2D eigenvalue weighted by atomic mass is 79.9. The number of nitrogens with zero attached hydrogens (tertiary/aromatic N) is 3. The normalized spacial score (nSPS) is 12.0. The third-order valence-electron chi connectivity index (χ3n) is 2.50. The molecular weight excluding hydrogens is 389 g/mol. The molecule has 0 aliphatic heterocycles. The lowest BCUT2D eigenvalue weighted by Crippen LogP contribution is -2.12. The number of aromatic amines is 1. The lowest BCUT2D eigenvalue weighted by molar-refractivity contribution is -0.147. The number of hydrogen-bond donors (Lipinski definition) is 2. The number of aromatic nitrogens is 3. The van der Waals surface area contributed by atoms with Crippen LogP contribution in [-0.4, -0.2) is 33.3 Å². The third kappa shape index (κ3) is 3.30. The summed E-state index contributed by atoms with van der Waals surface area (Å²) in [7, 11) is 1.34. The van der Waals surface area contributed by atoms with Gasteiger partial charge in [0.05, 0.1) is 17.8 Å². The van der Waals surface area contributed by atoms with Gasteiger partial charge in [0.1, 0.15) is 0 Å². The SMILES string of the molecule is COc1cc(C=Nn2c(C(F)(F)F)n[nH]c2=S)cc(Br)c1O. The Bertz CT molecular complexity index is 785. The van der Waals surface area contributed by atoms with Gasteiger partial charge < -0.3 is 9.84 Å². The molecule has 0 atom stereocenters. The van der Waals surface area contributed by atoms with Gasteiger partial charge in [-0.05, 0) is 45.8 Å². The van der Waals surface area contributed by atoms with Gasteiger partial charge in [-0.3, -0.25) is 0 Å². The van der Waals surface area contributed by atoms with Crippen LogP contribution in [0.3, 0.4) is 0 Å². The van der Waals surface area contributed by atoms with E-state index in [1.54, 1.807) is 0 Å². The van der Waals surface area contributed by atoms with Crippen LogP contribution in [-0.2, 0) is 6.18 Å². The molecule has 1 aromatic heterocycles. The molecule has 0 fully saturated rings. The van der Waals surface area contributed by atoms with Crippen LogP contribution in [0.1, 0.15) is 11.4 Å². The fraction of sp³-hybridized carbons (Fsp3) is 0.182. The number of phenols is 1. The summed E-state index contributed by atoms with van der Waals surface area (Å²) >= 11 is 7.81. The van der Waals surface area contributed by atoms with Gasteiger partial charge in [0.2, 0.25) is 4.77 Å². The molecule has 0 spiro atoms. The average Bonchev–Trinajstić information content (AvgIpc) is 2.81. The second-order valence-corrected chi connectivity index (χ2v) is 5.20. The number of phenolic OH excluding ortho intramolecular Hbond substituents is 1. The van der Waals surface area contributed by atoms with Gasteiger partial charge in [-0.25, -0.2) is 5.10 Å². The fourth-order valence-corrected chi connectivity index (χ4v) is 2.17. The van der Waals surface area contributed by atoms with Crippen LogP contribution in [0.4, 0.5) is 13.2 Å². The van der Waals surface area contributed by atoms with Crippen molar-refractivity contribution in [1.82, 2.24) is 14.9 Å². The Hall–Kier alpha value is -1.88. The number of halogens is 4. The first-order valence-electron chi connectivity index (χ1n) is 5.59. The number of nitrogens with one attached hydrogen (secondary N) is 1. The van der Waals surface area contributed by atoms with Crippen LogP contribution >= 0.6 is 28.1 Å². The van der Waals surface area contributed by atoms with Gasteiger partial charge >= 0.3 is 6.18 Å². The molecule has 0 aliphatic carbocycles. The molecule has 6 nitrogen and oxygen atoms in total. The number of H-pyrrole nitrogens is 1. The highest BCUT2D eigenvalue weighted by molar-refractivity contribution is 9.10. The summed E-state index contributed by atoms with van der Waals surface area (Å²) in [4.78, 5) is 0. The monoisotopic (exact) mass is 396 g/mol. The van der Waals surface area contributed by atoms with E-state index in [0.29, 0.717) is 14.7 Å². The quantitative estimate of drug-likeness (QED) is 0.616. The molecule has 0 saturated heterocycles.